The maximum absolute atomic E-state index is 11.6. The SMILES string of the molecule is COCCC(C)(C)CNc1ncccc1C(=O)OC. The van der Waals surface area contributed by atoms with Crippen molar-refractivity contribution in [3.05, 3.63) is 23.9 Å². The maximum Gasteiger partial charge on any atom is 0.341 e. The molecule has 1 aromatic rings. The number of hydrogen-bond acceptors (Lipinski definition) is 5. The van der Waals surface area contributed by atoms with E-state index in [1.807, 2.05) is 0 Å². The van der Waals surface area contributed by atoms with Crippen molar-refractivity contribution in [2.75, 3.05) is 32.7 Å². The van der Waals surface area contributed by atoms with E-state index in [4.69, 9.17) is 9.47 Å². The second-order valence-corrected chi connectivity index (χ2v) is 5.15. The fourth-order valence-electron chi connectivity index (χ4n) is 1.61. The van der Waals surface area contributed by atoms with Gasteiger partial charge in [-0.25, -0.2) is 9.78 Å². The topological polar surface area (TPSA) is 60.5 Å². The fourth-order valence-corrected chi connectivity index (χ4v) is 1.61. The van der Waals surface area contributed by atoms with Crippen molar-refractivity contribution < 1.29 is 14.3 Å². The van der Waals surface area contributed by atoms with Crippen LogP contribution in [0, 0.1) is 5.41 Å². The van der Waals surface area contributed by atoms with Gasteiger partial charge in [-0.15, -0.1) is 0 Å². The molecule has 1 rings (SSSR count). The van der Waals surface area contributed by atoms with E-state index in [-0.39, 0.29) is 11.4 Å². The lowest BCUT2D eigenvalue weighted by Gasteiger charge is -2.25. The van der Waals surface area contributed by atoms with E-state index >= 15 is 0 Å². The lowest BCUT2D eigenvalue weighted by atomic mass is 9.89. The molecule has 0 aliphatic rings. The van der Waals surface area contributed by atoms with Gasteiger partial charge in [0.15, 0.2) is 0 Å². The zero-order valence-electron chi connectivity index (χ0n) is 12.0. The summed E-state index contributed by atoms with van der Waals surface area (Å²) in [5.41, 5.74) is 0.508. The minimum atomic E-state index is -0.384. The summed E-state index contributed by atoms with van der Waals surface area (Å²) in [5, 5.41) is 3.21. The Labute approximate surface area is 114 Å². The molecule has 0 spiro atoms. The van der Waals surface area contributed by atoms with Crippen molar-refractivity contribution in [2.45, 2.75) is 20.3 Å². The molecule has 0 aromatic carbocycles. The van der Waals surface area contributed by atoms with Gasteiger partial charge in [-0.2, -0.15) is 0 Å². The van der Waals surface area contributed by atoms with Crippen molar-refractivity contribution in [1.29, 1.82) is 0 Å². The van der Waals surface area contributed by atoms with Crippen molar-refractivity contribution in [3.63, 3.8) is 0 Å². The number of aromatic nitrogens is 1. The van der Waals surface area contributed by atoms with Crippen LogP contribution in [0.4, 0.5) is 5.82 Å². The van der Waals surface area contributed by atoms with Gasteiger partial charge in [0.2, 0.25) is 0 Å². The van der Waals surface area contributed by atoms with Crippen LogP contribution in [-0.4, -0.2) is 38.3 Å². The Kier molecular flexibility index (Phi) is 5.76. The summed E-state index contributed by atoms with van der Waals surface area (Å²) in [6.07, 6.45) is 2.58. The molecule has 0 saturated carbocycles. The van der Waals surface area contributed by atoms with Crippen LogP contribution in [0.1, 0.15) is 30.6 Å². The second-order valence-electron chi connectivity index (χ2n) is 5.15. The summed E-state index contributed by atoms with van der Waals surface area (Å²) in [6, 6.07) is 3.41. The molecule has 0 radical (unpaired) electrons. The van der Waals surface area contributed by atoms with Gasteiger partial charge in [0.25, 0.3) is 0 Å². The van der Waals surface area contributed by atoms with Gasteiger partial charge in [0, 0.05) is 26.5 Å². The number of nitrogens with one attached hydrogen (secondary N) is 1. The van der Waals surface area contributed by atoms with Crippen LogP contribution in [0.15, 0.2) is 18.3 Å². The molecule has 0 atom stereocenters. The molecule has 1 aromatic heterocycles. The smallest absolute Gasteiger partial charge is 0.341 e. The summed E-state index contributed by atoms with van der Waals surface area (Å²) in [7, 11) is 3.05. The molecule has 0 saturated heterocycles. The number of carbonyl (C=O) groups excluding carboxylic acids is 1. The minimum Gasteiger partial charge on any atom is -0.465 e. The van der Waals surface area contributed by atoms with Crippen molar-refractivity contribution >= 4 is 11.8 Å². The average Bonchev–Trinajstić information content (AvgIpc) is 2.42. The van der Waals surface area contributed by atoms with Crippen LogP contribution >= 0.6 is 0 Å². The van der Waals surface area contributed by atoms with Gasteiger partial charge >= 0.3 is 5.97 Å². The highest BCUT2D eigenvalue weighted by Crippen LogP contribution is 2.22. The number of rotatable bonds is 7. The molecule has 5 nitrogen and oxygen atoms in total. The van der Waals surface area contributed by atoms with Gasteiger partial charge in [0.1, 0.15) is 11.4 Å². The average molecular weight is 266 g/mol. The Morgan fingerprint density at radius 1 is 1.42 bits per heavy atom. The zero-order chi connectivity index (χ0) is 14.3. The van der Waals surface area contributed by atoms with Crippen LogP contribution in [0.5, 0.6) is 0 Å². The van der Waals surface area contributed by atoms with E-state index in [2.05, 4.69) is 24.1 Å². The van der Waals surface area contributed by atoms with Gasteiger partial charge in [0.05, 0.1) is 7.11 Å². The van der Waals surface area contributed by atoms with Crippen molar-refractivity contribution in [1.82, 2.24) is 4.98 Å². The standard InChI is InChI=1S/C14H22N2O3/c1-14(2,7-9-18-3)10-16-12-11(13(17)19-4)6-5-8-15-12/h5-6,8H,7,9-10H2,1-4H3,(H,15,16). The van der Waals surface area contributed by atoms with Crippen LogP contribution < -0.4 is 5.32 Å². The van der Waals surface area contributed by atoms with Gasteiger partial charge < -0.3 is 14.8 Å². The van der Waals surface area contributed by atoms with E-state index in [1.54, 1.807) is 25.4 Å². The van der Waals surface area contributed by atoms with Gasteiger partial charge in [-0.05, 0) is 24.0 Å². The largest absolute Gasteiger partial charge is 0.465 e. The lowest BCUT2D eigenvalue weighted by Crippen LogP contribution is -2.25. The number of pyridine rings is 1. The molecule has 5 heteroatoms. The summed E-state index contributed by atoms with van der Waals surface area (Å²) in [5.74, 6) is 0.171. The number of ether oxygens (including phenoxy) is 2. The van der Waals surface area contributed by atoms with Crippen LogP contribution in [0.25, 0.3) is 0 Å². The highest BCUT2D eigenvalue weighted by Gasteiger charge is 2.19. The first-order valence-electron chi connectivity index (χ1n) is 6.26. The highest BCUT2D eigenvalue weighted by atomic mass is 16.5. The van der Waals surface area contributed by atoms with Gasteiger partial charge in [-0.1, -0.05) is 13.8 Å². The Bertz CT molecular complexity index is 419. The monoisotopic (exact) mass is 266 g/mol. The molecule has 106 valence electrons. The maximum atomic E-state index is 11.6. The van der Waals surface area contributed by atoms with Gasteiger partial charge in [-0.3, -0.25) is 0 Å². The fraction of sp³-hybridized carbons (Fsp3) is 0.571. The molecule has 0 aliphatic carbocycles. The van der Waals surface area contributed by atoms with Crippen LogP contribution in [0.2, 0.25) is 0 Å². The number of anilines is 1. The van der Waals surface area contributed by atoms with Crippen molar-refractivity contribution in [2.24, 2.45) is 5.41 Å². The number of esters is 1. The number of hydrogen-bond donors (Lipinski definition) is 1. The normalized spacial score (nSPS) is 11.2. The zero-order valence-corrected chi connectivity index (χ0v) is 12.0. The summed E-state index contributed by atoms with van der Waals surface area (Å²) in [4.78, 5) is 15.8. The lowest BCUT2D eigenvalue weighted by molar-refractivity contribution is 0.0601. The predicted molar refractivity (Wildman–Crippen MR) is 74.3 cm³/mol. The molecule has 1 heterocycles. The molecule has 0 unspecified atom stereocenters. The third kappa shape index (κ3) is 4.87. The molecule has 0 fully saturated rings. The molecular formula is C14H22N2O3. The van der Waals surface area contributed by atoms with Crippen LogP contribution in [-0.2, 0) is 9.47 Å². The Morgan fingerprint density at radius 3 is 2.79 bits per heavy atom. The molecule has 0 bridgehead atoms. The first kappa shape index (κ1) is 15.4. The molecule has 19 heavy (non-hydrogen) atoms. The van der Waals surface area contributed by atoms with E-state index < -0.39 is 0 Å². The Hall–Kier alpha value is -1.62. The Balaban J connectivity index is 2.69. The summed E-state index contributed by atoms with van der Waals surface area (Å²) < 4.78 is 9.83. The summed E-state index contributed by atoms with van der Waals surface area (Å²) in [6.45, 7) is 5.69. The third-order valence-corrected chi connectivity index (χ3v) is 2.93. The predicted octanol–water partition coefficient (Wildman–Crippen LogP) is 2.34. The number of methoxy groups -OCH3 is 2. The van der Waals surface area contributed by atoms with E-state index in [1.165, 1.54) is 7.11 Å². The second kappa shape index (κ2) is 7.09. The first-order chi connectivity index (χ1) is 9.00. The third-order valence-electron chi connectivity index (χ3n) is 2.93. The highest BCUT2D eigenvalue weighted by molar-refractivity contribution is 5.94. The van der Waals surface area contributed by atoms with E-state index in [0.29, 0.717) is 24.5 Å². The molecule has 1 N–H and O–H groups in total. The minimum absolute atomic E-state index is 0.0565. The molecular weight excluding hydrogens is 244 g/mol. The Morgan fingerprint density at radius 2 is 2.16 bits per heavy atom. The first-order valence-corrected chi connectivity index (χ1v) is 6.26. The van der Waals surface area contributed by atoms with E-state index in [9.17, 15) is 4.79 Å². The molecule has 0 amide bonds. The number of carbonyl (C=O) groups is 1. The van der Waals surface area contributed by atoms with Crippen LogP contribution in [0.3, 0.4) is 0 Å². The number of nitrogens with zero attached hydrogens (tertiary/aromatic N) is 1. The summed E-state index contributed by atoms with van der Waals surface area (Å²) >= 11 is 0. The van der Waals surface area contributed by atoms with E-state index in [0.717, 1.165) is 6.42 Å². The van der Waals surface area contributed by atoms with Crippen molar-refractivity contribution in [3.8, 4) is 0 Å². The molecule has 0 aliphatic heterocycles. The quantitative estimate of drug-likeness (QED) is 0.768.